The summed E-state index contributed by atoms with van der Waals surface area (Å²) < 4.78 is 0. The van der Waals surface area contributed by atoms with Gasteiger partial charge in [0.25, 0.3) is 0 Å². The molecule has 0 fully saturated rings. The molecule has 0 aliphatic carbocycles. The maximum absolute atomic E-state index is 8.33. The van der Waals surface area contributed by atoms with E-state index in [2.05, 4.69) is 0 Å². The molecular weight excluding hydrogens is 213 g/mol. The maximum atomic E-state index is 8.33. The summed E-state index contributed by atoms with van der Waals surface area (Å²) in [6.07, 6.45) is -2.33. The molecule has 0 saturated carbocycles. The van der Waals surface area contributed by atoms with Gasteiger partial charge in [0.2, 0.25) is 0 Å². The van der Waals surface area contributed by atoms with Crippen molar-refractivity contribution in [2.24, 2.45) is 0 Å². The second-order valence-corrected chi connectivity index (χ2v) is 0.250. The van der Waals surface area contributed by atoms with Crippen molar-refractivity contribution >= 4 is 6.16 Å². The summed E-state index contributed by atoms with van der Waals surface area (Å²) >= 11 is 0. The number of carbonyl (C=O) groups is 1. The number of quaternary nitrogens is 1. The largest absolute Gasteiger partial charge is 3.00 e. The minimum atomic E-state index is -2.33. The zero-order chi connectivity index (χ0) is 3.58. The summed E-state index contributed by atoms with van der Waals surface area (Å²) in [5.74, 6) is 0. The summed E-state index contributed by atoms with van der Waals surface area (Å²) in [4.78, 5) is 8.33. The molecule has 0 aromatic carbocycles. The van der Waals surface area contributed by atoms with Gasteiger partial charge < -0.3 is 21.2 Å². The van der Waals surface area contributed by atoms with Crippen molar-refractivity contribution in [1.29, 1.82) is 0 Å². The van der Waals surface area contributed by atoms with Gasteiger partial charge in [-0.2, -0.15) is 0 Å². The van der Waals surface area contributed by atoms with Gasteiger partial charge in [-0.25, -0.2) is 0 Å². The van der Waals surface area contributed by atoms with Crippen LogP contribution >= 0.6 is 0 Å². The Labute approximate surface area is 62.7 Å². The van der Waals surface area contributed by atoms with E-state index in [1.165, 1.54) is 0 Å². The Morgan fingerprint density at radius 3 is 1.33 bits per heavy atom. The molecule has 0 amide bonds. The molecule has 32 valence electrons. The van der Waals surface area contributed by atoms with Crippen molar-refractivity contribution in [2.45, 2.75) is 0 Å². The molecule has 6 heavy (non-hydrogen) atoms. The van der Waals surface area contributed by atoms with E-state index in [0.717, 1.165) is 0 Å². The van der Waals surface area contributed by atoms with Gasteiger partial charge in [0.05, 0.1) is 0 Å². The zero-order valence-electron chi connectivity index (χ0n) is 3.30. The molecule has 0 aromatic heterocycles. The third-order valence-electron chi connectivity index (χ3n) is 0. The molecule has 0 spiro atoms. The van der Waals surface area contributed by atoms with E-state index in [-0.39, 0.29) is 41.7 Å². The number of rotatable bonds is 0. The van der Waals surface area contributed by atoms with Gasteiger partial charge in [0, 0.05) is 0 Å². The van der Waals surface area contributed by atoms with E-state index < -0.39 is 6.16 Å². The van der Waals surface area contributed by atoms with E-state index >= 15 is 0 Å². The minimum Gasteiger partial charge on any atom is -0.652 e. The van der Waals surface area contributed by atoms with Crippen LogP contribution in [-0.2, 0) is 0 Å². The number of carboxylic acid groups (broad SMARTS) is 2. The predicted molar refractivity (Wildman–Crippen MR) is 11.4 cm³/mol. The Morgan fingerprint density at radius 2 is 1.33 bits per heavy atom. The molecule has 0 atom stereocenters. The van der Waals surface area contributed by atoms with Crippen LogP contribution in [0.25, 0.3) is 0 Å². The summed E-state index contributed by atoms with van der Waals surface area (Å²) in [6, 6.07) is 0. The molecule has 5 heteroatoms. The smallest absolute Gasteiger partial charge is 0.652 e. The first-order valence-electron chi connectivity index (χ1n) is 0.612. The maximum Gasteiger partial charge on any atom is 3.00 e. The molecule has 4 nitrogen and oxygen atoms in total. The van der Waals surface area contributed by atoms with Crippen LogP contribution in [-0.4, -0.2) is 6.16 Å². The second kappa shape index (κ2) is 9.06. The normalized spacial score (nSPS) is 4.00. The average Bonchev–Trinajstić information content (AvgIpc) is 0.811. The van der Waals surface area contributed by atoms with E-state index in [4.69, 9.17) is 15.0 Å². The number of hydrogen-bond donors (Lipinski definition) is 1. The molecule has 0 aliphatic rings. The summed E-state index contributed by atoms with van der Waals surface area (Å²) in [6.45, 7) is 0. The van der Waals surface area contributed by atoms with Crippen molar-refractivity contribution in [3.63, 3.8) is 0 Å². The Bertz CT molecular complexity index is 33.8. The van der Waals surface area contributed by atoms with Crippen LogP contribution in [0.15, 0.2) is 0 Å². The Kier molecular flexibility index (Phi) is 24.3. The Balaban J connectivity index is -0.0000000450. The van der Waals surface area contributed by atoms with Crippen molar-refractivity contribution in [3.05, 3.63) is 0 Å². The molecule has 0 bridgehead atoms. The van der Waals surface area contributed by atoms with Crippen LogP contribution in [0.2, 0.25) is 0 Å². The van der Waals surface area contributed by atoms with Gasteiger partial charge in [-0.3, -0.25) is 0 Å². The van der Waals surface area contributed by atoms with Gasteiger partial charge in [-0.15, -0.1) is 0 Å². The van der Waals surface area contributed by atoms with Gasteiger partial charge in [-0.1, -0.05) is 0 Å². The third kappa shape index (κ3) is 288. The van der Waals surface area contributed by atoms with E-state index in [9.17, 15) is 0 Å². The molecule has 0 aliphatic heterocycles. The fourth-order valence-corrected chi connectivity index (χ4v) is 0. The zero-order valence-corrected chi connectivity index (χ0v) is 6.93. The van der Waals surface area contributed by atoms with Crippen molar-refractivity contribution in [2.75, 3.05) is 0 Å². The fraction of sp³-hybridized carbons (Fsp3) is 0. The van der Waals surface area contributed by atoms with Gasteiger partial charge >= 0.3 is 35.6 Å². The van der Waals surface area contributed by atoms with Crippen LogP contribution in [0.3, 0.4) is 0 Å². The molecule has 4 N–H and O–H groups in total. The summed E-state index contributed by atoms with van der Waals surface area (Å²) in [5.41, 5.74) is 0. The summed E-state index contributed by atoms with van der Waals surface area (Å²) in [7, 11) is 0. The monoisotopic (exact) mass is 217 g/mol. The number of carbonyl (C=O) groups excluding carboxylic acids is 1. The molecule has 0 aromatic rings. The van der Waals surface area contributed by atoms with E-state index in [1.807, 2.05) is 0 Å². The fourth-order valence-electron chi connectivity index (χ4n) is 0. The predicted octanol–water partition coefficient (Wildman–Crippen LogP) is -2.07. The standard InChI is InChI=1S/CH2O3.La.H3N/c2-1(3)4;;/h(H2,2,3,4);;1H3/q;+3;/p-1. The first-order valence-corrected chi connectivity index (χ1v) is 0.612. The molecule has 0 saturated heterocycles. The van der Waals surface area contributed by atoms with Gasteiger partial charge in [0.1, 0.15) is 0 Å². The second-order valence-electron chi connectivity index (χ2n) is 0.250. The quantitative estimate of drug-likeness (QED) is 0.504. The molecule has 0 rings (SSSR count). The third-order valence-corrected chi connectivity index (χ3v) is 0. The first-order chi connectivity index (χ1) is 1.73. The van der Waals surface area contributed by atoms with Crippen LogP contribution < -0.4 is 16.4 Å². The molecule has 0 unspecified atom stereocenters. The van der Waals surface area contributed by atoms with E-state index in [0.29, 0.717) is 0 Å². The van der Waals surface area contributed by atoms with Gasteiger partial charge in [-0.05, 0) is 6.16 Å². The van der Waals surface area contributed by atoms with E-state index in [1.54, 1.807) is 0 Å². The van der Waals surface area contributed by atoms with Crippen LogP contribution in [0.4, 0.5) is 4.79 Å². The van der Waals surface area contributed by atoms with Crippen molar-refractivity contribution in [1.82, 2.24) is 6.15 Å². The molecular formula is CH4LaNO3+2. The molecule has 0 radical (unpaired) electrons. The topological polar surface area (TPSA) is 99.7 Å². The Hall–Kier alpha value is 0.425. The van der Waals surface area contributed by atoms with Crippen LogP contribution in [0.1, 0.15) is 0 Å². The van der Waals surface area contributed by atoms with Crippen molar-refractivity contribution in [3.8, 4) is 0 Å². The minimum absolute atomic E-state index is 0. The van der Waals surface area contributed by atoms with Crippen LogP contribution in [0, 0.1) is 35.6 Å². The first kappa shape index (κ1) is 16.1. The average molecular weight is 217 g/mol. The van der Waals surface area contributed by atoms with Crippen LogP contribution in [0.5, 0.6) is 0 Å². The Morgan fingerprint density at radius 1 is 1.33 bits per heavy atom. The SMILES string of the molecule is O=C([O-])[O-].[La+3].[NH4+]. The van der Waals surface area contributed by atoms with Crippen molar-refractivity contribution < 1.29 is 50.6 Å². The molecule has 0 heterocycles. The summed E-state index contributed by atoms with van der Waals surface area (Å²) in [5, 5.41) is 16.7. The van der Waals surface area contributed by atoms with Gasteiger partial charge in [0.15, 0.2) is 0 Å². The number of hydrogen-bond acceptors (Lipinski definition) is 3.